The zero-order valence-electron chi connectivity index (χ0n) is 34.5. The van der Waals surface area contributed by atoms with Gasteiger partial charge < -0.3 is 9.13 Å². The Labute approximate surface area is 366 Å². The molecule has 0 amide bonds. The zero-order chi connectivity index (χ0) is 41.5. The lowest BCUT2D eigenvalue weighted by molar-refractivity contribution is 0.770. The fraction of sp³-hybridized carbons (Fsp3) is 0.0164. The number of rotatable bonds is 6. The highest BCUT2D eigenvalue weighted by Gasteiger charge is 2.46. The van der Waals surface area contributed by atoms with Gasteiger partial charge >= 0.3 is 0 Å². The van der Waals surface area contributed by atoms with E-state index in [2.05, 4.69) is 252 Å². The molecule has 0 saturated carbocycles. The molecule has 2 aromatic heterocycles. The van der Waals surface area contributed by atoms with Gasteiger partial charge in [0, 0.05) is 32.9 Å². The van der Waals surface area contributed by atoms with E-state index < -0.39 is 5.41 Å². The highest BCUT2D eigenvalue weighted by atomic mass is 15.0. The van der Waals surface area contributed by atoms with Crippen molar-refractivity contribution in [2.75, 3.05) is 0 Å². The van der Waals surface area contributed by atoms with E-state index in [9.17, 15) is 0 Å². The maximum atomic E-state index is 2.49. The van der Waals surface area contributed by atoms with Crippen LogP contribution >= 0.6 is 0 Å². The van der Waals surface area contributed by atoms with Gasteiger partial charge in [-0.3, -0.25) is 0 Å². The van der Waals surface area contributed by atoms with Crippen molar-refractivity contribution in [2.24, 2.45) is 0 Å². The summed E-state index contributed by atoms with van der Waals surface area (Å²) in [4.78, 5) is 0. The van der Waals surface area contributed by atoms with Gasteiger partial charge in [-0.1, -0.05) is 182 Å². The van der Waals surface area contributed by atoms with E-state index in [4.69, 9.17) is 0 Å². The number of benzene rings is 10. The normalized spacial score (nSPS) is 12.9. The SMILES string of the molecule is c1ccc(-c2ccc(-n3c4ccccc4c4ccc(-c5ccc6c(c5)c5cc(C7(c8ccccc8)c8ccccc8-c8ccccc87)ccc5n6-c5ccccc5)cc43)cc2)cc1. The molecule has 2 nitrogen and oxygen atoms in total. The molecule has 0 fully saturated rings. The molecule has 0 saturated heterocycles. The summed E-state index contributed by atoms with van der Waals surface area (Å²) in [7, 11) is 0. The molecule has 0 unspecified atom stereocenters. The third kappa shape index (κ3) is 5.25. The fourth-order valence-corrected chi connectivity index (χ4v) is 10.9. The summed E-state index contributed by atoms with van der Waals surface area (Å²) in [6.07, 6.45) is 0. The van der Waals surface area contributed by atoms with Crippen molar-refractivity contribution in [3.05, 3.63) is 265 Å². The van der Waals surface area contributed by atoms with Gasteiger partial charge in [0.15, 0.2) is 0 Å². The summed E-state index contributed by atoms with van der Waals surface area (Å²) in [5.74, 6) is 0. The topological polar surface area (TPSA) is 9.86 Å². The molecule has 13 rings (SSSR count). The summed E-state index contributed by atoms with van der Waals surface area (Å²) in [6, 6.07) is 89.6. The van der Waals surface area contributed by atoms with Crippen LogP contribution in [0.5, 0.6) is 0 Å². The molecule has 12 aromatic rings. The molecule has 0 radical (unpaired) electrons. The quantitative estimate of drug-likeness (QED) is 0.159. The molecule has 1 aliphatic rings. The second-order valence-corrected chi connectivity index (χ2v) is 16.8. The lowest BCUT2D eigenvalue weighted by atomic mass is 9.67. The molecule has 0 atom stereocenters. The van der Waals surface area contributed by atoms with Crippen LogP contribution in [0.3, 0.4) is 0 Å². The minimum Gasteiger partial charge on any atom is -0.309 e. The maximum absolute atomic E-state index is 2.49. The molecule has 1 aliphatic carbocycles. The van der Waals surface area contributed by atoms with Crippen molar-refractivity contribution in [2.45, 2.75) is 5.41 Å². The van der Waals surface area contributed by atoms with Gasteiger partial charge in [0.2, 0.25) is 0 Å². The van der Waals surface area contributed by atoms with Crippen LogP contribution in [0.4, 0.5) is 0 Å². The Morgan fingerprint density at radius 1 is 0.254 bits per heavy atom. The molecule has 0 spiro atoms. The number of para-hydroxylation sites is 2. The van der Waals surface area contributed by atoms with Gasteiger partial charge in [0.1, 0.15) is 0 Å². The first-order chi connectivity index (χ1) is 31.3. The lowest BCUT2D eigenvalue weighted by Crippen LogP contribution is -2.28. The minimum absolute atomic E-state index is 0.487. The molecule has 2 heteroatoms. The molecular formula is C61H40N2. The molecular weight excluding hydrogens is 761 g/mol. The zero-order valence-corrected chi connectivity index (χ0v) is 34.5. The molecule has 63 heavy (non-hydrogen) atoms. The average Bonchev–Trinajstić information content (AvgIpc) is 3.98. The van der Waals surface area contributed by atoms with Gasteiger partial charge in [-0.25, -0.2) is 0 Å². The van der Waals surface area contributed by atoms with Gasteiger partial charge in [-0.15, -0.1) is 0 Å². The summed E-state index contributed by atoms with van der Waals surface area (Å²) in [5.41, 5.74) is 19.2. The van der Waals surface area contributed by atoms with Crippen LogP contribution in [0.1, 0.15) is 22.3 Å². The summed E-state index contributed by atoms with van der Waals surface area (Å²) in [5, 5.41) is 4.96. The summed E-state index contributed by atoms with van der Waals surface area (Å²) in [6.45, 7) is 0. The first kappa shape index (κ1) is 35.5. The fourth-order valence-electron chi connectivity index (χ4n) is 10.9. The number of hydrogen-bond donors (Lipinski definition) is 0. The monoisotopic (exact) mass is 800 g/mol. The van der Waals surface area contributed by atoms with Crippen molar-refractivity contribution < 1.29 is 0 Å². The Balaban J connectivity index is 1.04. The smallest absolute Gasteiger partial charge is 0.0713 e. The van der Waals surface area contributed by atoms with Crippen LogP contribution < -0.4 is 0 Å². The van der Waals surface area contributed by atoms with Crippen LogP contribution in [-0.4, -0.2) is 9.13 Å². The second kappa shape index (κ2) is 13.9. The van der Waals surface area contributed by atoms with E-state index in [1.165, 1.54) is 99.2 Å². The van der Waals surface area contributed by atoms with E-state index in [0.29, 0.717) is 0 Å². The molecule has 0 aliphatic heterocycles. The van der Waals surface area contributed by atoms with Crippen LogP contribution in [0, 0.1) is 0 Å². The Bertz CT molecular complexity index is 3660. The largest absolute Gasteiger partial charge is 0.309 e. The number of aromatic nitrogens is 2. The third-order valence-corrected chi connectivity index (χ3v) is 13.6. The van der Waals surface area contributed by atoms with Crippen LogP contribution in [0.25, 0.3) is 88.4 Å². The summed E-state index contributed by atoms with van der Waals surface area (Å²) < 4.78 is 4.86. The van der Waals surface area contributed by atoms with E-state index in [-0.39, 0.29) is 0 Å². The molecule has 2 heterocycles. The third-order valence-electron chi connectivity index (χ3n) is 13.6. The molecule has 10 aromatic carbocycles. The number of fused-ring (bicyclic) bond motifs is 9. The number of hydrogen-bond acceptors (Lipinski definition) is 0. The van der Waals surface area contributed by atoms with E-state index in [1.54, 1.807) is 0 Å². The molecule has 0 bridgehead atoms. The highest BCUT2D eigenvalue weighted by molar-refractivity contribution is 6.13. The van der Waals surface area contributed by atoms with Gasteiger partial charge in [0.05, 0.1) is 27.5 Å². The van der Waals surface area contributed by atoms with E-state index in [1.807, 2.05) is 0 Å². The van der Waals surface area contributed by atoms with Gasteiger partial charge in [-0.2, -0.15) is 0 Å². The lowest BCUT2D eigenvalue weighted by Gasteiger charge is -2.34. The Morgan fingerprint density at radius 2 is 0.730 bits per heavy atom. The van der Waals surface area contributed by atoms with Crippen LogP contribution in [0.15, 0.2) is 243 Å². The van der Waals surface area contributed by atoms with Crippen LogP contribution in [-0.2, 0) is 5.41 Å². The van der Waals surface area contributed by atoms with Crippen molar-refractivity contribution in [1.82, 2.24) is 9.13 Å². The first-order valence-corrected chi connectivity index (χ1v) is 21.8. The predicted octanol–water partition coefficient (Wildman–Crippen LogP) is 15.6. The minimum atomic E-state index is -0.487. The van der Waals surface area contributed by atoms with Gasteiger partial charge in [0.25, 0.3) is 0 Å². The van der Waals surface area contributed by atoms with Crippen molar-refractivity contribution in [1.29, 1.82) is 0 Å². The van der Waals surface area contributed by atoms with E-state index in [0.717, 1.165) is 11.4 Å². The predicted molar refractivity (Wildman–Crippen MR) is 263 cm³/mol. The van der Waals surface area contributed by atoms with Crippen molar-refractivity contribution in [3.63, 3.8) is 0 Å². The van der Waals surface area contributed by atoms with Crippen molar-refractivity contribution in [3.8, 4) is 44.8 Å². The Morgan fingerprint density at radius 3 is 1.46 bits per heavy atom. The van der Waals surface area contributed by atoms with E-state index >= 15 is 0 Å². The average molecular weight is 801 g/mol. The first-order valence-electron chi connectivity index (χ1n) is 21.8. The van der Waals surface area contributed by atoms with Gasteiger partial charge in [-0.05, 0) is 116 Å². The molecule has 0 N–H and O–H groups in total. The summed E-state index contributed by atoms with van der Waals surface area (Å²) >= 11 is 0. The molecule has 294 valence electrons. The standard InChI is InChI=1S/C61H40N2/c1-4-16-41(17-5-1)42-28-33-48(34-29-42)63-57-27-15-12-24-51(57)52-35-30-44(39-60(52)63)43-31-36-58-53(38-43)54-40-46(32-37-59(54)62(58)47-20-8-3-9-21-47)61(45-18-6-2-7-19-45)55-25-13-10-22-49(55)50-23-11-14-26-56(50)61/h1-40H. The van der Waals surface area contributed by atoms with Crippen molar-refractivity contribution >= 4 is 43.6 Å². The Kier molecular flexibility index (Phi) is 7.85. The number of nitrogens with zero attached hydrogens (tertiary/aromatic N) is 2. The van der Waals surface area contributed by atoms with Crippen LogP contribution in [0.2, 0.25) is 0 Å². The second-order valence-electron chi connectivity index (χ2n) is 16.8. The maximum Gasteiger partial charge on any atom is 0.0713 e. The highest BCUT2D eigenvalue weighted by Crippen LogP contribution is 2.56. The Hall–Kier alpha value is -8.20.